The highest BCUT2D eigenvalue weighted by atomic mass is 127. The van der Waals surface area contributed by atoms with Crippen molar-refractivity contribution in [1.82, 2.24) is 9.88 Å². The van der Waals surface area contributed by atoms with E-state index in [1.165, 1.54) is 0 Å². The van der Waals surface area contributed by atoms with E-state index in [1.807, 2.05) is 24.3 Å². The Kier molecular flexibility index (Phi) is 9.38. The average molecular weight is 647 g/mol. The summed E-state index contributed by atoms with van der Waals surface area (Å²) in [6.45, 7) is 1.38. The molecule has 0 amide bonds. The Morgan fingerprint density at radius 1 is 1.16 bits per heavy atom. The number of aromatic hydroxyl groups is 1. The monoisotopic (exact) mass is 647 g/mol. The van der Waals surface area contributed by atoms with Crippen LogP contribution in [0.1, 0.15) is 46.2 Å². The third-order valence-electron chi connectivity index (χ3n) is 5.44. The van der Waals surface area contributed by atoms with Crippen molar-refractivity contribution in [1.29, 1.82) is 0 Å². The molecule has 0 bridgehead atoms. The van der Waals surface area contributed by atoms with Gasteiger partial charge in [-0.15, -0.1) is 0 Å². The van der Waals surface area contributed by atoms with Crippen LogP contribution in [0.3, 0.4) is 0 Å². The molecule has 1 aromatic heterocycles. The van der Waals surface area contributed by atoms with Gasteiger partial charge in [-0.3, -0.25) is 9.69 Å². The molecule has 163 valence electrons. The Morgan fingerprint density at radius 2 is 1.97 bits per heavy atom. The number of carbonyl (C=O) groups is 2. The Bertz CT molecular complexity index is 930. The lowest BCUT2D eigenvalue weighted by Gasteiger charge is -2.35. The summed E-state index contributed by atoms with van der Waals surface area (Å²) in [4.78, 5) is 30.3. The number of nitrogens with zero attached hydrogens (tertiary/aromatic N) is 2. The number of fused-ring (bicyclic) bond motifs is 1. The van der Waals surface area contributed by atoms with Gasteiger partial charge < -0.3 is 11.2 Å². The molecule has 0 saturated carbocycles. The summed E-state index contributed by atoms with van der Waals surface area (Å²) < 4.78 is 9.47. The summed E-state index contributed by atoms with van der Waals surface area (Å²) >= 11 is 3.15. The zero-order valence-corrected chi connectivity index (χ0v) is 21.1. The number of carbonyl (C=O) groups excluding carboxylic acids is 2. The normalized spacial score (nSPS) is 15.3. The zero-order valence-electron chi connectivity index (χ0n) is 16.8. The van der Waals surface area contributed by atoms with Gasteiger partial charge in [-0.25, -0.2) is 9.78 Å². The Labute approximate surface area is 210 Å². The van der Waals surface area contributed by atoms with Gasteiger partial charge in [0.1, 0.15) is 11.4 Å². The second-order valence-corrected chi connectivity index (χ2v) is 8.19. The number of para-hydroxylation sites is 1. The van der Waals surface area contributed by atoms with E-state index >= 15 is 0 Å². The standard InChI is InChI=1S/C21H22BI2N2O5/c23-30-20(28)17-9-8-15-16(25-17)5-3-6-18(15)26(13-11-22-21(29)31-24)12-10-14-4-1-2-7-19(14)27/h1-2,4,7-9,18,27H,3,5-6,10-13H2. The smallest absolute Gasteiger partial charge is 0.366 e. The van der Waals surface area contributed by atoms with Crippen molar-refractivity contribution in [3.05, 3.63) is 58.9 Å². The number of hydrogen-bond acceptors (Lipinski definition) is 7. The third-order valence-corrected chi connectivity index (χ3v) is 6.28. The molecule has 3 rings (SSSR count). The van der Waals surface area contributed by atoms with Crippen molar-refractivity contribution in [3.8, 4) is 5.75 Å². The first-order valence-electron chi connectivity index (χ1n) is 10.0. The Balaban J connectivity index is 1.80. The molecule has 10 heteroatoms. The maximum absolute atomic E-state index is 11.9. The Hall–Kier alpha value is -1.41. The number of rotatable bonds is 9. The van der Waals surface area contributed by atoms with E-state index in [-0.39, 0.29) is 17.7 Å². The predicted molar refractivity (Wildman–Crippen MR) is 134 cm³/mol. The van der Waals surface area contributed by atoms with Gasteiger partial charge in [-0.2, -0.15) is 0 Å². The minimum atomic E-state index is -0.450. The van der Waals surface area contributed by atoms with E-state index in [1.54, 1.807) is 65.4 Å². The lowest BCUT2D eigenvalue weighted by atomic mass is 9.74. The van der Waals surface area contributed by atoms with Gasteiger partial charge in [0.2, 0.25) is 0 Å². The molecule has 31 heavy (non-hydrogen) atoms. The average Bonchev–Trinajstić information content (AvgIpc) is 2.80. The van der Waals surface area contributed by atoms with Crippen LogP contribution in [-0.2, 0) is 19.0 Å². The van der Waals surface area contributed by atoms with E-state index in [9.17, 15) is 14.7 Å². The predicted octanol–water partition coefficient (Wildman–Crippen LogP) is 4.83. The van der Waals surface area contributed by atoms with Crippen LogP contribution in [0.2, 0.25) is 6.32 Å². The molecule has 0 aliphatic heterocycles. The minimum Gasteiger partial charge on any atom is -0.508 e. The number of aromatic nitrogens is 1. The third kappa shape index (κ3) is 6.54. The van der Waals surface area contributed by atoms with Crippen LogP contribution < -0.4 is 0 Å². The van der Waals surface area contributed by atoms with Crippen molar-refractivity contribution in [2.45, 2.75) is 38.0 Å². The highest BCUT2D eigenvalue weighted by Gasteiger charge is 2.28. The van der Waals surface area contributed by atoms with Crippen LogP contribution in [0.25, 0.3) is 0 Å². The molecule has 1 heterocycles. The number of benzene rings is 1. The summed E-state index contributed by atoms with van der Waals surface area (Å²) in [6.07, 6.45) is 3.97. The molecule has 1 aromatic carbocycles. The van der Waals surface area contributed by atoms with Crippen LogP contribution >= 0.6 is 46.0 Å². The van der Waals surface area contributed by atoms with Crippen molar-refractivity contribution in [2.24, 2.45) is 0 Å². The van der Waals surface area contributed by atoms with Crippen molar-refractivity contribution in [3.63, 3.8) is 0 Å². The number of phenols is 1. The quantitative estimate of drug-likeness (QED) is 0.309. The van der Waals surface area contributed by atoms with Crippen molar-refractivity contribution in [2.75, 3.05) is 13.1 Å². The molecule has 7 nitrogen and oxygen atoms in total. The lowest BCUT2D eigenvalue weighted by Crippen LogP contribution is -2.35. The molecule has 1 atom stereocenters. The minimum absolute atomic E-state index is 0.121. The largest absolute Gasteiger partial charge is 0.508 e. The lowest BCUT2D eigenvalue weighted by molar-refractivity contribution is 0.0793. The van der Waals surface area contributed by atoms with Crippen LogP contribution in [0.4, 0.5) is 4.79 Å². The number of halogens is 2. The van der Waals surface area contributed by atoms with Crippen LogP contribution in [0, 0.1) is 0 Å². The second kappa shape index (κ2) is 12.0. The Morgan fingerprint density at radius 3 is 2.71 bits per heavy atom. The van der Waals surface area contributed by atoms with Gasteiger partial charge >= 0.3 is 5.97 Å². The molecule has 1 radical (unpaired) electrons. The first-order chi connectivity index (χ1) is 15.0. The fraction of sp³-hybridized carbons (Fsp3) is 0.381. The first-order valence-corrected chi connectivity index (χ1v) is 11.8. The second-order valence-electron chi connectivity index (χ2n) is 7.31. The highest BCUT2D eigenvalue weighted by molar-refractivity contribution is 14.1. The zero-order chi connectivity index (χ0) is 22.2. The van der Waals surface area contributed by atoms with Crippen LogP contribution in [0.5, 0.6) is 5.75 Å². The summed E-state index contributed by atoms with van der Waals surface area (Å²) in [6, 6.07) is 11.1. The number of pyridine rings is 1. The number of aryl methyl sites for hydroxylation is 1. The van der Waals surface area contributed by atoms with E-state index in [4.69, 9.17) is 6.13 Å². The summed E-state index contributed by atoms with van der Waals surface area (Å²) in [5, 5.41) is 10.1. The maximum atomic E-state index is 11.9. The van der Waals surface area contributed by atoms with Gasteiger partial charge in [0, 0.05) is 18.3 Å². The summed E-state index contributed by atoms with van der Waals surface area (Å²) in [5.41, 5.74) is 3.22. The molecule has 0 saturated heterocycles. The highest BCUT2D eigenvalue weighted by Crippen LogP contribution is 2.34. The number of hydrogen-bond donors (Lipinski definition) is 1. The van der Waals surface area contributed by atoms with Crippen LogP contribution in [0.15, 0.2) is 36.4 Å². The topological polar surface area (TPSA) is 89.0 Å². The molecule has 2 aromatic rings. The first kappa shape index (κ1) is 24.2. The van der Waals surface area contributed by atoms with E-state index in [0.717, 1.165) is 36.1 Å². The molecular formula is C21H22BI2N2O5. The van der Waals surface area contributed by atoms with E-state index in [2.05, 4.69) is 9.88 Å². The van der Waals surface area contributed by atoms with Gasteiger partial charge in [-0.1, -0.05) is 30.6 Å². The van der Waals surface area contributed by atoms with Gasteiger partial charge in [-0.05, 0) is 55.5 Å². The molecule has 1 unspecified atom stereocenters. The fourth-order valence-corrected chi connectivity index (χ4v) is 4.36. The molecular weight excluding hydrogens is 625 g/mol. The fourth-order valence-electron chi connectivity index (χ4n) is 3.96. The number of phenolic OH excluding ortho intramolecular Hbond substituents is 1. The molecule has 1 aliphatic rings. The molecule has 1 N–H and O–H groups in total. The molecule has 1 aliphatic carbocycles. The van der Waals surface area contributed by atoms with E-state index in [0.29, 0.717) is 31.5 Å². The van der Waals surface area contributed by atoms with Crippen molar-refractivity contribution < 1.29 is 20.8 Å². The summed E-state index contributed by atoms with van der Waals surface area (Å²) in [5.74, 6) is -0.516. The van der Waals surface area contributed by atoms with Crippen LogP contribution in [-0.4, -0.2) is 47.2 Å². The van der Waals surface area contributed by atoms with Gasteiger partial charge in [0.05, 0.1) is 0 Å². The molecule has 0 fully saturated rings. The summed E-state index contributed by atoms with van der Waals surface area (Å²) in [7, 11) is 1.54. The van der Waals surface area contributed by atoms with Crippen molar-refractivity contribution >= 4 is 65.1 Å². The molecule has 0 spiro atoms. The SMILES string of the molecule is O=C([B]CCN(CCc1ccccc1O)C1CCCc2nc(C(=O)OI)ccc21)OI. The van der Waals surface area contributed by atoms with Gasteiger partial charge in [0.15, 0.2) is 46.0 Å². The van der Waals surface area contributed by atoms with Gasteiger partial charge in [0.25, 0.3) is 13.1 Å². The van der Waals surface area contributed by atoms with E-state index < -0.39 is 5.97 Å². The maximum Gasteiger partial charge on any atom is 0.366 e.